The highest BCUT2D eigenvalue weighted by Gasteiger charge is 2.28. The fraction of sp³-hybridized carbons (Fsp3) is 0.737. The molecule has 0 aliphatic heterocycles. The SMILES string of the molecule is CCCOC1=CC(C)(N)CC=C1C(=O)OC[C@H](CC(C)C)N(C)C. The van der Waals surface area contributed by atoms with E-state index in [1.54, 1.807) is 0 Å². The Kier molecular flexibility index (Phi) is 7.97. The van der Waals surface area contributed by atoms with E-state index < -0.39 is 5.54 Å². The highest BCUT2D eigenvalue weighted by Crippen LogP contribution is 2.26. The lowest BCUT2D eigenvalue weighted by Gasteiger charge is -2.28. The highest BCUT2D eigenvalue weighted by molar-refractivity contribution is 5.93. The van der Waals surface area contributed by atoms with Crippen molar-refractivity contribution in [2.75, 3.05) is 27.3 Å². The van der Waals surface area contributed by atoms with Gasteiger partial charge in [-0.3, -0.25) is 0 Å². The Bertz CT molecular complexity index is 479. The van der Waals surface area contributed by atoms with Gasteiger partial charge in [0.2, 0.25) is 0 Å². The van der Waals surface area contributed by atoms with Crippen molar-refractivity contribution in [1.29, 1.82) is 0 Å². The molecule has 1 rings (SSSR count). The standard InChI is InChI=1S/C19H34N2O3/c1-7-10-23-17-12-19(4,20)9-8-16(17)18(22)24-13-15(21(5)6)11-14(2)3/h8,12,14-15H,7,9-11,13,20H2,1-6H3/t15-,19?/m0/s1. The number of nitrogens with zero attached hydrogens (tertiary/aromatic N) is 1. The van der Waals surface area contributed by atoms with Gasteiger partial charge in [-0.1, -0.05) is 26.8 Å². The normalized spacial score (nSPS) is 22.2. The molecule has 138 valence electrons. The summed E-state index contributed by atoms with van der Waals surface area (Å²) >= 11 is 0. The molecule has 1 unspecified atom stereocenters. The Balaban J connectivity index is 2.74. The van der Waals surface area contributed by atoms with Crippen LogP contribution in [0, 0.1) is 5.92 Å². The van der Waals surface area contributed by atoms with E-state index in [1.807, 2.05) is 40.1 Å². The summed E-state index contributed by atoms with van der Waals surface area (Å²) in [6, 6.07) is 0.210. The van der Waals surface area contributed by atoms with Crippen LogP contribution in [0.4, 0.5) is 0 Å². The molecule has 0 amide bonds. The van der Waals surface area contributed by atoms with Crippen LogP contribution < -0.4 is 5.73 Å². The van der Waals surface area contributed by atoms with Crippen molar-refractivity contribution in [3.05, 3.63) is 23.5 Å². The third kappa shape index (κ3) is 6.65. The summed E-state index contributed by atoms with van der Waals surface area (Å²) in [5.74, 6) is 0.762. The first-order valence-electron chi connectivity index (χ1n) is 8.85. The molecule has 0 bridgehead atoms. The predicted octanol–water partition coefficient (Wildman–Crippen LogP) is 2.86. The number of likely N-dealkylation sites (N-methyl/N-ethyl adjacent to an activating group) is 1. The van der Waals surface area contributed by atoms with Gasteiger partial charge in [0, 0.05) is 11.6 Å². The van der Waals surface area contributed by atoms with E-state index >= 15 is 0 Å². The van der Waals surface area contributed by atoms with Crippen LogP contribution in [0.2, 0.25) is 0 Å². The third-order valence-electron chi connectivity index (χ3n) is 4.03. The fourth-order valence-corrected chi connectivity index (χ4v) is 2.60. The second-order valence-electron chi connectivity index (χ2n) is 7.53. The van der Waals surface area contributed by atoms with Crippen molar-refractivity contribution in [2.24, 2.45) is 11.7 Å². The summed E-state index contributed by atoms with van der Waals surface area (Å²) in [6.45, 7) is 9.22. The van der Waals surface area contributed by atoms with E-state index in [9.17, 15) is 4.79 Å². The van der Waals surface area contributed by atoms with Gasteiger partial charge in [-0.15, -0.1) is 0 Å². The zero-order chi connectivity index (χ0) is 18.3. The Morgan fingerprint density at radius 3 is 2.62 bits per heavy atom. The second-order valence-corrected chi connectivity index (χ2v) is 7.53. The number of ether oxygens (including phenoxy) is 2. The minimum atomic E-state index is -0.489. The first-order valence-corrected chi connectivity index (χ1v) is 8.85. The predicted molar refractivity (Wildman–Crippen MR) is 97.5 cm³/mol. The summed E-state index contributed by atoms with van der Waals surface area (Å²) in [6.07, 6.45) is 6.12. The molecular weight excluding hydrogens is 304 g/mol. The van der Waals surface area contributed by atoms with Gasteiger partial charge < -0.3 is 20.1 Å². The molecule has 0 aromatic heterocycles. The first-order chi connectivity index (χ1) is 11.2. The molecule has 0 aromatic carbocycles. The first kappa shape index (κ1) is 20.7. The zero-order valence-corrected chi connectivity index (χ0v) is 16.1. The van der Waals surface area contributed by atoms with Crippen LogP contribution in [0.3, 0.4) is 0 Å². The molecule has 0 spiro atoms. The number of carbonyl (C=O) groups excluding carboxylic acids is 1. The minimum absolute atomic E-state index is 0.210. The average Bonchev–Trinajstić information content (AvgIpc) is 2.47. The van der Waals surface area contributed by atoms with Gasteiger partial charge in [0.25, 0.3) is 0 Å². The maximum Gasteiger partial charge on any atom is 0.341 e. The monoisotopic (exact) mass is 338 g/mol. The molecule has 2 atom stereocenters. The molecule has 0 heterocycles. The van der Waals surface area contributed by atoms with E-state index in [-0.39, 0.29) is 12.0 Å². The Morgan fingerprint density at radius 2 is 2.08 bits per heavy atom. The van der Waals surface area contributed by atoms with Gasteiger partial charge in [-0.2, -0.15) is 0 Å². The molecule has 0 radical (unpaired) electrons. The van der Waals surface area contributed by atoms with E-state index in [0.717, 1.165) is 12.8 Å². The van der Waals surface area contributed by atoms with E-state index in [2.05, 4.69) is 18.7 Å². The summed E-state index contributed by atoms with van der Waals surface area (Å²) in [5, 5.41) is 0. The Hall–Kier alpha value is -1.33. The molecule has 0 fully saturated rings. The van der Waals surface area contributed by atoms with Crippen molar-refractivity contribution in [3.63, 3.8) is 0 Å². The van der Waals surface area contributed by atoms with Crippen molar-refractivity contribution in [1.82, 2.24) is 4.90 Å². The largest absolute Gasteiger partial charge is 0.493 e. The average molecular weight is 338 g/mol. The van der Waals surface area contributed by atoms with Crippen molar-refractivity contribution in [2.45, 2.75) is 58.5 Å². The van der Waals surface area contributed by atoms with Crippen molar-refractivity contribution >= 4 is 5.97 Å². The van der Waals surface area contributed by atoms with Crippen LogP contribution in [0.1, 0.15) is 47.0 Å². The maximum absolute atomic E-state index is 12.5. The number of hydrogen-bond acceptors (Lipinski definition) is 5. The lowest BCUT2D eigenvalue weighted by atomic mass is 9.90. The van der Waals surface area contributed by atoms with E-state index in [4.69, 9.17) is 15.2 Å². The summed E-state index contributed by atoms with van der Waals surface area (Å²) in [4.78, 5) is 14.6. The summed E-state index contributed by atoms with van der Waals surface area (Å²) in [7, 11) is 4.02. The fourth-order valence-electron chi connectivity index (χ4n) is 2.60. The lowest BCUT2D eigenvalue weighted by molar-refractivity contribution is -0.140. The second kappa shape index (κ2) is 9.23. The summed E-state index contributed by atoms with van der Waals surface area (Å²) < 4.78 is 11.3. The molecule has 24 heavy (non-hydrogen) atoms. The molecule has 0 saturated heterocycles. The molecular formula is C19H34N2O3. The molecule has 1 aliphatic carbocycles. The molecule has 0 aromatic rings. The maximum atomic E-state index is 12.5. The van der Waals surface area contributed by atoms with Crippen LogP contribution in [0.5, 0.6) is 0 Å². The van der Waals surface area contributed by atoms with Crippen LogP contribution in [0.15, 0.2) is 23.5 Å². The van der Waals surface area contributed by atoms with Gasteiger partial charge in [0.15, 0.2) is 0 Å². The highest BCUT2D eigenvalue weighted by atomic mass is 16.5. The molecule has 1 aliphatic rings. The zero-order valence-electron chi connectivity index (χ0n) is 16.1. The number of carbonyl (C=O) groups is 1. The van der Waals surface area contributed by atoms with Crippen molar-refractivity contribution < 1.29 is 14.3 Å². The molecule has 0 saturated carbocycles. The van der Waals surface area contributed by atoms with Gasteiger partial charge >= 0.3 is 5.97 Å². The lowest BCUT2D eigenvalue weighted by Crippen LogP contribution is -2.37. The van der Waals surface area contributed by atoms with Gasteiger partial charge in [0.05, 0.1) is 12.2 Å². The quantitative estimate of drug-likeness (QED) is 0.655. The summed E-state index contributed by atoms with van der Waals surface area (Å²) in [5.41, 5.74) is 6.16. The number of hydrogen-bond donors (Lipinski definition) is 1. The molecule has 5 heteroatoms. The topological polar surface area (TPSA) is 64.8 Å². The van der Waals surface area contributed by atoms with Gasteiger partial charge in [-0.25, -0.2) is 4.79 Å². The number of esters is 1. The van der Waals surface area contributed by atoms with Gasteiger partial charge in [-0.05, 0) is 52.3 Å². The number of rotatable bonds is 9. The molecule has 5 nitrogen and oxygen atoms in total. The van der Waals surface area contributed by atoms with E-state index in [1.165, 1.54) is 0 Å². The van der Waals surface area contributed by atoms with Gasteiger partial charge in [0.1, 0.15) is 12.4 Å². The smallest absolute Gasteiger partial charge is 0.341 e. The molecule has 2 N–H and O–H groups in total. The van der Waals surface area contributed by atoms with Crippen LogP contribution >= 0.6 is 0 Å². The van der Waals surface area contributed by atoms with Crippen molar-refractivity contribution in [3.8, 4) is 0 Å². The Labute approximate surface area is 146 Å². The number of nitrogens with two attached hydrogens (primary N) is 1. The van der Waals surface area contributed by atoms with Crippen LogP contribution in [-0.4, -0.2) is 49.8 Å². The van der Waals surface area contributed by atoms with E-state index in [0.29, 0.717) is 36.9 Å². The van der Waals surface area contributed by atoms with Crippen LogP contribution in [-0.2, 0) is 14.3 Å². The van der Waals surface area contributed by atoms with Crippen LogP contribution in [0.25, 0.3) is 0 Å². The minimum Gasteiger partial charge on any atom is -0.493 e. The Morgan fingerprint density at radius 1 is 1.42 bits per heavy atom. The third-order valence-corrected chi connectivity index (χ3v) is 4.03.